The maximum atomic E-state index is 4.07. The van der Waals surface area contributed by atoms with Crippen molar-refractivity contribution in [3.63, 3.8) is 0 Å². The van der Waals surface area contributed by atoms with E-state index in [4.69, 9.17) is 0 Å². The first-order valence-electron chi connectivity index (χ1n) is 44.1. The van der Waals surface area contributed by atoms with E-state index in [0.29, 0.717) is 0 Å². The minimum absolute atomic E-state index is 0.0544. The molecule has 124 heavy (non-hydrogen) atoms. The van der Waals surface area contributed by atoms with Crippen LogP contribution in [0.1, 0.15) is 153 Å². The molecule has 18 aromatic carbocycles. The van der Waals surface area contributed by atoms with E-state index in [1.807, 2.05) is 24.3 Å². The van der Waals surface area contributed by atoms with Crippen molar-refractivity contribution < 1.29 is 0 Å². The van der Waals surface area contributed by atoms with Gasteiger partial charge < -0.3 is 9.80 Å². The second-order valence-corrected chi connectivity index (χ2v) is 34.2. The van der Waals surface area contributed by atoms with E-state index in [1.165, 1.54) is 155 Å². The highest BCUT2D eigenvalue weighted by atomic mass is 15.1. The van der Waals surface area contributed by atoms with Gasteiger partial charge in [0.15, 0.2) is 0 Å². The van der Waals surface area contributed by atoms with Gasteiger partial charge in [0.1, 0.15) is 0 Å². The van der Waals surface area contributed by atoms with Gasteiger partial charge in [0, 0.05) is 56.2 Å². The third kappa shape index (κ3) is 15.4. The van der Waals surface area contributed by atoms with Gasteiger partial charge in [-0.15, -0.1) is 0 Å². The maximum absolute atomic E-state index is 4.07. The second kappa shape index (κ2) is 35.0. The molecule has 20 rings (SSSR count). The number of unbranched alkanes of at least 4 members (excludes halogenated alkanes) is 2. The molecule has 2 aliphatic rings. The fourth-order valence-electron chi connectivity index (χ4n) is 20.4. The number of anilines is 6. The summed E-state index contributed by atoms with van der Waals surface area (Å²) in [5, 5.41) is 10.0. The van der Waals surface area contributed by atoms with Crippen molar-refractivity contribution in [3.8, 4) is 22.3 Å². The highest BCUT2D eigenvalue weighted by Gasteiger charge is 2.44. The zero-order valence-electron chi connectivity index (χ0n) is 70.9. The molecule has 600 valence electrons. The molecular weight excluding hydrogens is 1490 g/mol. The van der Waals surface area contributed by atoms with Crippen LogP contribution in [0.2, 0.25) is 0 Å². The summed E-state index contributed by atoms with van der Waals surface area (Å²) in [4.78, 5) is 4.90. The van der Waals surface area contributed by atoms with Gasteiger partial charge in [-0.1, -0.05) is 417 Å². The molecule has 0 heterocycles. The number of hydrogen-bond acceptors (Lipinski definition) is 2. The molecule has 0 saturated carbocycles. The third-order valence-corrected chi connectivity index (χ3v) is 26.6. The lowest BCUT2D eigenvalue weighted by Crippen LogP contribution is -2.26. The van der Waals surface area contributed by atoms with Crippen molar-refractivity contribution in [2.45, 2.75) is 87.9 Å². The Bertz CT molecular complexity index is 6560. The minimum Gasteiger partial charge on any atom is -0.310 e. The number of para-hydroxylation sites is 1. The van der Waals surface area contributed by atoms with E-state index in [9.17, 15) is 0 Å². The van der Waals surface area contributed by atoms with E-state index >= 15 is 0 Å². The Hall–Kier alpha value is -14.4. The molecule has 0 N–H and O–H groups in total. The fraction of sp³-hybridized carbons (Fsp3) is 0.115. The predicted octanol–water partition coefficient (Wildman–Crippen LogP) is 33.3. The first-order valence-corrected chi connectivity index (χ1v) is 44.1. The van der Waals surface area contributed by atoms with Crippen molar-refractivity contribution in [2.24, 2.45) is 0 Å². The summed E-state index contributed by atoms with van der Waals surface area (Å²) < 4.78 is 0. The summed E-state index contributed by atoms with van der Waals surface area (Å²) in [5.74, 6) is 0.125. The molecule has 0 bridgehead atoms. The largest absolute Gasteiger partial charge is 0.310 e. The zero-order chi connectivity index (χ0) is 84.1. The standard InChI is InChI=1S/C70H61N.C52H41N/c1-3-51-25-19-27-53(47-51)23-15-17-45-70(46-18-16-24-54-28-20-26-52(4-2)48-54)66-49-58(69(57-31-7-5-8-32-57)65-39-21-33-55-29-11-13-37-61(55)65)41-43-63(66)64-44-42-60(50-67(64)70)71(59-35-9-6-10-36-59)68-40-22-34-56-30-12-14-38-62(56)68;1-5-35-21-25-39(26-22-35)51(47-19-11-15-37-13-7-9-17-43(37)47)40-27-31-45-46-32-30-42(34-49(46)52(3,4)48(45)33-40)53(41-28-23-36(6-2)24-29-41)50-20-12-16-38-14-8-10-18-44(38)50/h3-14,19-22,25-44,47-50,69H,1-2,15-18,23-24,45-46H2;5-34,51H,1-2H2,3-4H3. The number of nitrogens with zero attached hydrogens (tertiary/aromatic N) is 2. The maximum Gasteiger partial charge on any atom is 0.0540 e. The quantitative estimate of drug-likeness (QED) is 0.0394. The van der Waals surface area contributed by atoms with Gasteiger partial charge in [0.05, 0.1) is 11.4 Å². The smallest absolute Gasteiger partial charge is 0.0540 e. The first-order chi connectivity index (χ1) is 61.0. The molecule has 0 amide bonds. The Morgan fingerprint density at radius 2 is 0.597 bits per heavy atom. The highest BCUT2D eigenvalue weighted by molar-refractivity contribution is 6.02. The number of benzene rings is 18. The van der Waals surface area contributed by atoms with Gasteiger partial charge in [-0.25, -0.2) is 0 Å². The molecule has 18 aromatic rings. The summed E-state index contributed by atoms with van der Waals surface area (Å²) in [6, 6.07) is 149. The van der Waals surface area contributed by atoms with Gasteiger partial charge in [-0.2, -0.15) is 0 Å². The molecule has 0 radical (unpaired) electrons. The molecule has 2 heteroatoms. The first kappa shape index (κ1) is 79.4. The van der Waals surface area contributed by atoms with Crippen LogP contribution >= 0.6 is 0 Å². The van der Waals surface area contributed by atoms with Gasteiger partial charge >= 0.3 is 0 Å². The van der Waals surface area contributed by atoms with Gasteiger partial charge in [0.2, 0.25) is 0 Å². The summed E-state index contributed by atoms with van der Waals surface area (Å²) in [7, 11) is 0. The Balaban J connectivity index is 0.000000170. The monoisotopic (exact) mass is 1590 g/mol. The molecular formula is C122H102N2. The Kier molecular flexibility index (Phi) is 22.4. The molecule has 2 nitrogen and oxygen atoms in total. The van der Waals surface area contributed by atoms with Crippen molar-refractivity contribution in [1.82, 2.24) is 0 Å². The number of hydrogen-bond donors (Lipinski definition) is 0. The Labute approximate surface area is 732 Å². The highest BCUT2D eigenvalue weighted by Crippen LogP contribution is 2.58. The zero-order valence-corrected chi connectivity index (χ0v) is 70.9. The normalized spacial score (nSPS) is 13.0. The molecule has 2 unspecified atom stereocenters. The lowest BCUT2D eigenvalue weighted by molar-refractivity contribution is 0.407. The van der Waals surface area contributed by atoms with Crippen LogP contribution in [0, 0.1) is 0 Å². The Morgan fingerprint density at radius 1 is 0.258 bits per heavy atom. The van der Waals surface area contributed by atoms with Crippen LogP contribution in [0.25, 0.3) is 89.6 Å². The summed E-state index contributed by atoms with van der Waals surface area (Å²) in [6.07, 6.45) is 16.3. The average molecular weight is 1600 g/mol. The molecule has 2 aliphatic carbocycles. The van der Waals surface area contributed by atoms with E-state index < -0.39 is 0 Å². The number of rotatable bonds is 26. The van der Waals surface area contributed by atoms with E-state index in [0.717, 1.165) is 85.2 Å². The molecule has 0 fully saturated rings. The van der Waals surface area contributed by atoms with Crippen LogP contribution in [-0.4, -0.2) is 0 Å². The molecule has 0 aromatic heterocycles. The topological polar surface area (TPSA) is 6.48 Å². The number of aryl methyl sites for hydroxylation is 2. The van der Waals surface area contributed by atoms with E-state index in [-0.39, 0.29) is 22.7 Å². The minimum atomic E-state index is -0.232. The van der Waals surface area contributed by atoms with Crippen molar-refractivity contribution >= 4 is 102 Å². The third-order valence-electron chi connectivity index (χ3n) is 26.6. The SMILES string of the molecule is C=Cc1ccc(C(c2ccc3c(c2)C(C)(C)c2cc(N(c4ccc(C=C)cc4)c4cccc5ccccc45)ccc2-3)c2cccc3ccccc23)cc1.C=Cc1cccc(CCCCC2(CCCCc3cccc(C=C)c3)c3cc(C(c4ccccc4)c4cccc5ccccc45)ccc3-c3ccc(N(c4ccccc4)c4cccc5ccccc45)cc32)c1. The predicted molar refractivity (Wildman–Crippen MR) is 532 cm³/mol. The number of fused-ring (bicyclic) bond motifs is 10. The Morgan fingerprint density at radius 3 is 1.08 bits per heavy atom. The van der Waals surface area contributed by atoms with E-state index in [2.05, 4.69) is 450 Å². The van der Waals surface area contributed by atoms with Crippen LogP contribution in [0.3, 0.4) is 0 Å². The van der Waals surface area contributed by atoms with Crippen LogP contribution in [0.5, 0.6) is 0 Å². The van der Waals surface area contributed by atoms with Crippen molar-refractivity contribution in [1.29, 1.82) is 0 Å². The van der Waals surface area contributed by atoms with Gasteiger partial charge in [-0.3, -0.25) is 0 Å². The van der Waals surface area contributed by atoms with Crippen molar-refractivity contribution in [2.75, 3.05) is 9.80 Å². The fourth-order valence-corrected chi connectivity index (χ4v) is 20.4. The second-order valence-electron chi connectivity index (χ2n) is 34.2. The molecule has 0 aliphatic heterocycles. The summed E-state index contributed by atoms with van der Waals surface area (Å²) >= 11 is 0. The molecule has 2 atom stereocenters. The summed E-state index contributed by atoms with van der Waals surface area (Å²) in [5.41, 5.74) is 32.7. The molecule has 0 spiro atoms. The average Bonchev–Trinajstić information content (AvgIpc) is 1.56. The lowest BCUT2D eigenvalue weighted by atomic mass is 9.69. The van der Waals surface area contributed by atoms with Gasteiger partial charge in [-0.05, 0) is 243 Å². The van der Waals surface area contributed by atoms with Gasteiger partial charge in [0.25, 0.3) is 0 Å². The van der Waals surface area contributed by atoms with Crippen LogP contribution in [0.15, 0.2) is 427 Å². The molecule has 0 saturated heterocycles. The summed E-state index contributed by atoms with van der Waals surface area (Å²) in [6.45, 7) is 20.9. The van der Waals surface area contributed by atoms with Crippen molar-refractivity contribution in [3.05, 3.63) is 516 Å². The van der Waals surface area contributed by atoms with E-state index in [1.54, 1.807) is 0 Å². The van der Waals surface area contributed by atoms with Crippen LogP contribution in [-0.2, 0) is 23.7 Å². The lowest BCUT2D eigenvalue weighted by Gasteiger charge is -2.35. The van der Waals surface area contributed by atoms with Crippen LogP contribution in [0.4, 0.5) is 34.1 Å². The van der Waals surface area contributed by atoms with Crippen LogP contribution < -0.4 is 9.80 Å².